The number of aromatic nitrogens is 1. The van der Waals surface area contributed by atoms with Crippen molar-refractivity contribution in [3.05, 3.63) is 42.1 Å². The SMILES string of the molecule is CC(O)Cn1cc(C2=CCNCC2)c2ccccc21. The number of aliphatic hydroxyl groups is 1. The molecule has 1 aromatic carbocycles. The van der Waals surface area contributed by atoms with Crippen LogP contribution in [-0.2, 0) is 6.54 Å². The lowest BCUT2D eigenvalue weighted by Crippen LogP contribution is -2.19. The monoisotopic (exact) mass is 256 g/mol. The Hall–Kier alpha value is -1.58. The molecule has 100 valence electrons. The zero-order valence-corrected chi connectivity index (χ0v) is 11.3. The molecule has 0 bridgehead atoms. The van der Waals surface area contributed by atoms with Crippen LogP contribution in [0.4, 0.5) is 0 Å². The van der Waals surface area contributed by atoms with E-state index >= 15 is 0 Å². The molecular weight excluding hydrogens is 236 g/mol. The number of para-hydroxylation sites is 1. The van der Waals surface area contributed by atoms with Gasteiger partial charge in [0.25, 0.3) is 0 Å². The molecule has 1 aliphatic rings. The molecule has 3 nitrogen and oxygen atoms in total. The van der Waals surface area contributed by atoms with Gasteiger partial charge in [-0.25, -0.2) is 0 Å². The van der Waals surface area contributed by atoms with Gasteiger partial charge in [-0.2, -0.15) is 0 Å². The van der Waals surface area contributed by atoms with E-state index in [1.54, 1.807) is 0 Å². The van der Waals surface area contributed by atoms with Gasteiger partial charge in [-0.05, 0) is 31.5 Å². The lowest BCUT2D eigenvalue weighted by atomic mass is 10.00. The van der Waals surface area contributed by atoms with E-state index in [1.807, 2.05) is 6.92 Å². The minimum atomic E-state index is -0.328. The van der Waals surface area contributed by atoms with Gasteiger partial charge in [0.1, 0.15) is 0 Å². The minimum Gasteiger partial charge on any atom is -0.392 e. The molecule has 2 aromatic rings. The van der Waals surface area contributed by atoms with Crippen molar-refractivity contribution in [1.82, 2.24) is 9.88 Å². The van der Waals surface area contributed by atoms with Crippen molar-refractivity contribution < 1.29 is 5.11 Å². The number of benzene rings is 1. The first kappa shape index (κ1) is 12.5. The van der Waals surface area contributed by atoms with Gasteiger partial charge in [-0.15, -0.1) is 0 Å². The van der Waals surface area contributed by atoms with E-state index in [0.29, 0.717) is 6.54 Å². The van der Waals surface area contributed by atoms with Crippen LogP contribution in [0.1, 0.15) is 18.9 Å². The highest BCUT2D eigenvalue weighted by molar-refractivity contribution is 5.93. The number of hydrogen-bond acceptors (Lipinski definition) is 2. The predicted molar refractivity (Wildman–Crippen MR) is 79.1 cm³/mol. The first-order chi connectivity index (χ1) is 9.25. The summed E-state index contributed by atoms with van der Waals surface area (Å²) in [5.41, 5.74) is 3.94. The third kappa shape index (κ3) is 2.44. The average Bonchev–Trinajstić information content (AvgIpc) is 2.78. The van der Waals surface area contributed by atoms with Gasteiger partial charge in [0.05, 0.1) is 6.10 Å². The minimum absolute atomic E-state index is 0.328. The lowest BCUT2D eigenvalue weighted by Gasteiger charge is -2.13. The fraction of sp³-hybridized carbons (Fsp3) is 0.375. The molecule has 0 amide bonds. The molecule has 3 rings (SSSR count). The molecular formula is C16H20N2O. The summed E-state index contributed by atoms with van der Waals surface area (Å²) < 4.78 is 2.16. The van der Waals surface area contributed by atoms with Crippen molar-refractivity contribution in [3.63, 3.8) is 0 Å². The Bertz CT molecular complexity index is 610. The fourth-order valence-corrected chi connectivity index (χ4v) is 2.81. The quantitative estimate of drug-likeness (QED) is 0.885. The van der Waals surface area contributed by atoms with E-state index in [4.69, 9.17) is 0 Å². The van der Waals surface area contributed by atoms with Gasteiger partial charge in [0.2, 0.25) is 0 Å². The fourth-order valence-electron chi connectivity index (χ4n) is 2.81. The van der Waals surface area contributed by atoms with E-state index in [-0.39, 0.29) is 6.10 Å². The molecule has 3 heteroatoms. The summed E-state index contributed by atoms with van der Waals surface area (Å²) in [6.07, 6.45) is 5.21. The molecule has 0 fully saturated rings. The maximum atomic E-state index is 9.64. The number of rotatable bonds is 3. The predicted octanol–water partition coefficient (Wildman–Crippen LogP) is 2.40. The molecule has 19 heavy (non-hydrogen) atoms. The van der Waals surface area contributed by atoms with E-state index < -0.39 is 0 Å². The van der Waals surface area contributed by atoms with E-state index in [0.717, 1.165) is 19.5 Å². The van der Waals surface area contributed by atoms with Crippen LogP contribution in [0.3, 0.4) is 0 Å². The zero-order valence-electron chi connectivity index (χ0n) is 11.3. The normalized spacial score (nSPS) is 17.5. The Balaban J connectivity index is 2.11. The Kier molecular flexibility index (Phi) is 3.40. The van der Waals surface area contributed by atoms with Crippen LogP contribution in [0, 0.1) is 0 Å². The van der Waals surface area contributed by atoms with Gasteiger partial charge >= 0.3 is 0 Å². The molecule has 2 N–H and O–H groups in total. The molecule has 0 saturated heterocycles. The van der Waals surface area contributed by atoms with Crippen LogP contribution in [0.15, 0.2) is 36.5 Å². The number of hydrogen-bond donors (Lipinski definition) is 2. The van der Waals surface area contributed by atoms with Crippen LogP contribution in [-0.4, -0.2) is 28.9 Å². The summed E-state index contributed by atoms with van der Waals surface area (Å²) in [7, 11) is 0. The van der Waals surface area contributed by atoms with E-state index in [9.17, 15) is 5.11 Å². The summed E-state index contributed by atoms with van der Waals surface area (Å²) >= 11 is 0. The van der Waals surface area contributed by atoms with Crippen molar-refractivity contribution in [3.8, 4) is 0 Å². The van der Waals surface area contributed by atoms with Crippen LogP contribution < -0.4 is 5.32 Å². The molecule has 1 aromatic heterocycles. The Labute approximate surface area is 113 Å². The lowest BCUT2D eigenvalue weighted by molar-refractivity contribution is 0.175. The Morgan fingerprint density at radius 1 is 1.37 bits per heavy atom. The maximum Gasteiger partial charge on any atom is 0.0691 e. The summed E-state index contributed by atoms with van der Waals surface area (Å²) in [5, 5.41) is 14.3. The first-order valence-corrected chi connectivity index (χ1v) is 6.92. The number of fused-ring (bicyclic) bond motifs is 1. The van der Waals surface area contributed by atoms with Gasteiger partial charge in [0.15, 0.2) is 0 Å². The number of nitrogens with one attached hydrogen (secondary N) is 1. The van der Waals surface area contributed by atoms with Crippen molar-refractivity contribution in [1.29, 1.82) is 0 Å². The van der Waals surface area contributed by atoms with Crippen LogP contribution in [0.5, 0.6) is 0 Å². The number of nitrogens with zero attached hydrogens (tertiary/aromatic N) is 1. The molecule has 1 atom stereocenters. The molecule has 2 heterocycles. The van der Waals surface area contributed by atoms with Gasteiger partial charge in [0, 0.05) is 35.8 Å². The highest BCUT2D eigenvalue weighted by Gasteiger charge is 2.14. The van der Waals surface area contributed by atoms with Crippen molar-refractivity contribution in [2.75, 3.05) is 13.1 Å². The summed E-state index contributed by atoms with van der Waals surface area (Å²) in [5.74, 6) is 0. The molecule has 1 unspecified atom stereocenters. The number of aliphatic hydroxyl groups excluding tert-OH is 1. The second-order valence-electron chi connectivity index (χ2n) is 5.24. The average molecular weight is 256 g/mol. The first-order valence-electron chi connectivity index (χ1n) is 6.92. The van der Waals surface area contributed by atoms with E-state index in [1.165, 1.54) is 22.0 Å². The second kappa shape index (κ2) is 5.19. The van der Waals surface area contributed by atoms with Crippen molar-refractivity contribution >= 4 is 16.5 Å². The Morgan fingerprint density at radius 3 is 2.95 bits per heavy atom. The molecule has 0 saturated carbocycles. The van der Waals surface area contributed by atoms with Crippen molar-refractivity contribution in [2.24, 2.45) is 0 Å². The maximum absolute atomic E-state index is 9.64. The summed E-state index contributed by atoms with van der Waals surface area (Å²) in [4.78, 5) is 0. The highest BCUT2D eigenvalue weighted by Crippen LogP contribution is 2.29. The Morgan fingerprint density at radius 2 is 2.21 bits per heavy atom. The standard InChI is InChI=1S/C16H20N2O/c1-12(19)10-18-11-15(13-6-8-17-9-7-13)14-4-2-3-5-16(14)18/h2-6,11-12,17,19H,7-10H2,1H3. The van der Waals surface area contributed by atoms with Crippen LogP contribution in [0.2, 0.25) is 0 Å². The third-order valence-electron chi connectivity index (χ3n) is 3.66. The van der Waals surface area contributed by atoms with Crippen LogP contribution >= 0.6 is 0 Å². The topological polar surface area (TPSA) is 37.2 Å². The second-order valence-corrected chi connectivity index (χ2v) is 5.24. The van der Waals surface area contributed by atoms with Crippen LogP contribution in [0.25, 0.3) is 16.5 Å². The van der Waals surface area contributed by atoms with Crippen molar-refractivity contribution in [2.45, 2.75) is 26.0 Å². The zero-order chi connectivity index (χ0) is 13.2. The summed E-state index contributed by atoms with van der Waals surface area (Å²) in [6.45, 7) is 4.47. The van der Waals surface area contributed by atoms with Gasteiger partial charge in [-0.3, -0.25) is 0 Å². The van der Waals surface area contributed by atoms with Gasteiger partial charge < -0.3 is 15.0 Å². The van der Waals surface area contributed by atoms with E-state index in [2.05, 4.69) is 46.4 Å². The summed E-state index contributed by atoms with van der Waals surface area (Å²) in [6, 6.07) is 8.44. The smallest absolute Gasteiger partial charge is 0.0691 e. The molecule has 0 spiro atoms. The highest BCUT2D eigenvalue weighted by atomic mass is 16.3. The molecule has 0 radical (unpaired) electrons. The molecule has 1 aliphatic heterocycles. The largest absolute Gasteiger partial charge is 0.392 e. The van der Waals surface area contributed by atoms with Gasteiger partial charge in [-0.1, -0.05) is 24.3 Å². The molecule has 0 aliphatic carbocycles. The third-order valence-corrected chi connectivity index (χ3v) is 3.66.